The number of methoxy groups -OCH3 is 1. The number of ether oxygens (including phenoxy) is 2. The number of benzene rings is 1. The molecule has 0 atom stereocenters. The fourth-order valence-electron chi connectivity index (χ4n) is 3.20. The first-order valence-electron chi connectivity index (χ1n) is 8.96. The van der Waals surface area contributed by atoms with Crippen molar-refractivity contribution in [1.82, 2.24) is 10.3 Å². The molecule has 1 aliphatic rings. The topological polar surface area (TPSA) is 60.5 Å². The van der Waals surface area contributed by atoms with Crippen LogP contribution in [0, 0.1) is 11.7 Å². The van der Waals surface area contributed by atoms with Crippen LogP contribution in [0.2, 0.25) is 5.02 Å². The molecule has 5 nitrogen and oxygen atoms in total. The number of halogens is 2. The van der Waals surface area contributed by atoms with Gasteiger partial charge >= 0.3 is 0 Å². The highest BCUT2D eigenvalue weighted by Gasteiger charge is 2.21. The Hall–Kier alpha value is -2.34. The van der Waals surface area contributed by atoms with Crippen LogP contribution in [0.3, 0.4) is 0 Å². The van der Waals surface area contributed by atoms with Gasteiger partial charge in [-0.2, -0.15) is 0 Å². The third kappa shape index (κ3) is 4.89. The third-order valence-corrected chi connectivity index (χ3v) is 5.01. The zero-order valence-electron chi connectivity index (χ0n) is 15.1. The summed E-state index contributed by atoms with van der Waals surface area (Å²) in [6.07, 6.45) is 6.20. The molecule has 0 radical (unpaired) electrons. The summed E-state index contributed by atoms with van der Waals surface area (Å²) in [5.74, 6) is -0.0187. The van der Waals surface area contributed by atoms with Crippen molar-refractivity contribution in [1.29, 1.82) is 0 Å². The molecular formula is C20H22ClFN2O3. The molecule has 0 spiro atoms. The van der Waals surface area contributed by atoms with Crippen LogP contribution >= 0.6 is 11.6 Å². The molecule has 0 aliphatic heterocycles. The maximum absolute atomic E-state index is 13.8. The monoisotopic (exact) mass is 392 g/mol. The molecular weight excluding hydrogens is 371 g/mol. The zero-order chi connectivity index (χ0) is 19.2. The van der Waals surface area contributed by atoms with Gasteiger partial charge in [-0.1, -0.05) is 30.5 Å². The van der Waals surface area contributed by atoms with E-state index in [-0.39, 0.29) is 28.8 Å². The van der Waals surface area contributed by atoms with Crippen LogP contribution in [0.5, 0.6) is 11.6 Å². The fourth-order valence-corrected chi connectivity index (χ4v) is 3.42. The highest BCUT2D eigenvalue weighted by molar-refractivity contribution is 6.34. The maximum atomic E-state index is 13.8. The first-order chi connectivity index (χ1) is 13.1. The molecule has 1 aromatic heterocycles. The van der Waals surface area contributed by atoms with E-state index in [9.17, 15) is 9.18 Å². The Bertz CT molecular complexity index is 810. The molecule has 1 heterocycles. The van der Waals surface area contributed by atoms with Gasteiger partial charge in [-0.3, -0.25) is 4.79 Å². The van der Waals surface area contributed by atoms with Gasteiger partial charge in [0.05, 0.1) is 18.7 Å². The number of hydrogen-bond donors (Lipinski definition) is 1. The molecule has 0 saturated heterocycles. The van der Waals surface area contributed by atoms with Crippen LogP contribution < -0.4 is 14.8 Å². The minimum absolute atomic E-state index is 0.146. The van der Waals surface area contributed by atoms with Crippen molar-refractivity contribution in [3.8, 4) is 11.6 Å². The van der Waals surface area contributed by atoms with Crippen molar-refractivity contribution in [3.05, 3.63) is 52.4 Å². The number of nitrogens with one attached hydrogen (secondary N) is 1. The van der Waals surface area contributed by atoms with Gasteiger partial charge in [0.25, 0.3) is 5.91 Å². The highest BCUT2D eigenvalue weighted by atomic mass is 35.5. The van der Waals surface area contributed by atoms with E-state index in [2.05, 4.69) is 10.3 Å². The smallest absolute Gasteiger partial charge is 0.258 e. The van der Waals surface area contributed by atoms with E-state index in [1.54, 1.807) is 12.1 Å². The summed E-state index contributed by atoms with van der Waals surface area (Å²) in [5, 5.41) is 3.01. The minimum atomic E-state index is -0.482. The number of carbonyl (C=O) groups is 1. The second kappa shape index (κ2) is 9.04. The zero-order valence-corrected chi connectivity index (χ0v) is 15.9. The number of carbonyl (C=O) groups excluding carboxylic acids is 1. The fraction of sp³-hybridized carbons (Fsp3) is 0.400. The lowest BCUT2D eigenvalue weighted by atomic mass is 10.1. The molecule has 1 N–H and O–H groups in total. The lowest BCUT2D eigenvalue weighted by molar-refractivity contribution is 0.0944. The van der Waals surface area contributed by atoms with Crippen molar-refractivity contribution < 1.29 is 18.7 Å². The van der Waals surface area contributed by atoms with Crippen molar-refractivity contribution >= 4 is 17.5 Å². The average Bonchev–Trinajstić information content (AvgIpc) is 3.18. The summed E-state index contributed by atoms with van der Waals surface area (Å²) in [4.78, 5) is 16.8. The van der Waals surface area contributed by atoms with E-state index in [0.717, 1.165) is 12.8 Å². The van der Waals surface area contributed by atoms with Crippen LogP contribution in [0.15, 0.2) is 30.5 Å². The summed E-state index contributed by atoms with van der Waals surface area (Å²) < 4.78 is 24.5. The largest absolute Gasteiger partial charge is 0.494 e. The number of pyridine rings is 1. The van der Waals surface area contributed by atoms with E-state index < -0.39 is 11.7 Å². The van der Waals surface area contributed by atoms with Crippen LogP contribution in [-0.2, 0) is 6.54 Å². The van der Waals surface area contributed by atoms with Crippen LogP contribution in [0.4, 0.5) is 4.39 Å². The summed E-state index contributed by atoms with van der Waals surface area (Å²) in [6, 6.07) is 6.07. The first kappa shape index (κ1) is 19.4. The molecule has 3 rings (SSSR count). The predicted molar refractivity (Wildman–Crippen MR) is 101 cm³/mol. The Morgan fingerprint density at radius 1 is 1.33 bits per heavy atom. The van der Waals surface area contributed by atoms with Gasteiger partial charge in [-0.25, -0.2) is 9.37 Å². The average molecular weight is 393 g/mol. The molecule has 1 saturated carbocycles. The Kier molecular flexibility index (Phi) is 6.50. The molecule has 1 amide bonds. The normalized spacial score (nSPS) is 14.2. The van der Waals surface area contributed by atoms with Crippen molar-refractivity contribution in [3.63, 3.8) is 0 Å². The van der Waals surface area contributed by atoms with E-state index in [4.69, 9.17) is 21.1 Å². The quantitative estimate of drug-likeness (QED) is 0.759. The number of nitrogens with zero attached hydrogens (tertiary/aromatic N) is 1. The van der Waals surface area contributed by atoms with E-state index in [1.165, 1.54) is 38.3 Å². The minimum Gasteiger partial charge on any atom is -0.494 e. The first-order valence-corrected chi connectivity index (χ1v) is 9.34. The molecule has 1 aliphatic carbocycles. The van der Waals surface area contributed by atoms with Crippen LogP contribution in [-0.4, -0.2) is 24.6 Å². The third-order valence-electron chi connectivity index (χ3n) is 4.69. The maximum Gasteiger partial charge on any atom is 0.258 e. The van der Waals surface area contributed by atoms with Crippen molar-refractivity contribution in [2.75, 3.05) is 13.7 Å². The van der Waals surface area contributed by atoms with Gasteiger partial charge in [-0.15, -0.1) is 0 Å². The standard InChI is InChI=1S/C20H22ClFN2O3/c1-26-17-7-6-14(10-16(17)22)11-24-19(25)18-15(21)8-9-23-20(18)27-12-13-4-2-3-5-13/h6-10,13H,2-5,11-12H2,1H3,(H,24,25). The second-order valence-corrected chi connectivity index (χ2v) is 6.99. The Labute approximate surface area is 162 Å². The van der Waals surface area contributed by atoms with Gasteiger partial charge in [0.15, 0.2) is 11.6 Å². The van der Waals surface area contributed by atoms with Crippen LogP contribution in [0.25, 0.3) is 0 Å². The highest BCUT2D eigenvalue weighted by Crippen LogP contribution is 2.28. The molecule has 0 bridgehead atoms. The lowest BCUT2D eigenvalue weighted by Crippen LogP contribution is -2.24. The number of aromatic nitrogens is 1. The summed E-state index contributed by atoms with van der Waals surface area (Å²) in [5.41, 5.74) is 0.807. The lowest BCUT2D eigenvalue weighted by Gasteiger charge is -2.14. The molecule has 27 heavy (non-hydrogen) atoms. The summed E-state index contributed by atoms with van der Waals surface area (Å²) in [7, 11) is 1.40. The molecule has 0 unspecified atom stereocenters. The van der Waals surface area contributed by atoms with Gasteiger partial charge in [-0.05, 0) is 42.5 Å². The van der Waals surface area contributed by atoms with E-state index >= 15 is 0 Å². The Morgan fingerprint density at radius 2 is 2.11 bits per heavy atom. The van der Waals surface area contributed by atoms with Gasteiger partial charge in [0.2, 0.25) is 5.88 Å². The SMILES string of the molecule is COc1ccc(CNC(=O)c2c(Cl)ccnc2OCC2CCCC2)cc1F. The van der Waals surface area contributed by atoms with Gasteiger partial charge in [0, 0.05) is 12.7 Å². The van der Waals surface area contributed by atoms with E-state index in [1.807, 2.05) is 0 Å². The molecule has 1 fully saturated rings. The molecule has 7 heteroatoms. The van der Waals surface area contributed by atoms with E-state index in [0.29, 0.717) is 18.1 Å². The van der Waals surface area contributed by atoms with Crippen molar-refractivity contribution in [2.24, 2.45) is 5.92 Å². The molecule has 2 aromatic rings. The molecule has 1 aromatic carbocycles. The Morgan fingerprint density at radius 3 is 2.81 bits per heavy atom. The summed E-state index contributed by atoms with van der Waals surface area (Å²) >= 11 is 6.21. The van der Waals surface area contributed by atoms with Gasteiger partial charge in [0.1, 0.15) is 5.56 Å². The molecule has 144 valence electrons. The summed E-state index contributed by atoms with van der Waals surface area (Å²) in [6.45, 7) is 0.671. The number of amides is 1. The Balaban J connectivity index is 1.67. The predicted octanol–water partition coefficient (Wildman–Crippen LogP) is 4.38. The van der Waals surface area contributed by atoms with Crippen molar-refractivity contribution in [2.45, 2.75) is 32.2 Å². The van der Waals surface area contributed by atoms with Crippen LogP contribution in [0.1, 0.15) is 41.6 Å². The number of hydrogen-bond acceptors (Lipinski definition) is 4. The van der Waals surface area contributed by atoms with Gasteiger partial charge < -0.3 is 14.8 Å². The number of rotatable bonds is 7. The second-order valence-electron chi connectivity index (χ2n) is 6.59.